The highest BCUT2D eigenvalue weighted by molar-refractivity contribution is 5.81. The minimum Gasteiger partial charge on any atom is -0.384 e. The lowest BCUT2D eigenvalue weighted by atomic mass is 9.84. The Hall–Kier alpha value is -0.370. The summed E-state index contributed by atoms with van der Waals surface area (Å²) in [5, 5.41) is 0. The molecule has 2 atom stereocenters. The second kappa shape index (κ2) is 9.64. The molecule has 0 saturated carbocycles. The summed E-state index contributed by atoms with van der Waals surface area (Å²) >= 11 is 0. The Morgan fingerprint density at radius 1 is 1.18 bits per heavy atom. The van der Waals surface area contributed by atoms with Crippen LogP contribution < -0.4 is 0 Å². The van der Waals surface area contributed by atoms with Gasteiger partial charge in [0.05, 0.1) is 0 Å². The maximum atomic E-state index is 12.2. The maximum Gasteiger partial charge on any atom is 0.136 e. The van der Waals surface area contributed by atoms with Crippen molar-refractivity contribution in [2.24, 2.45) is 17.8 Å². The smallest absolute Gasteiger partial charge is 0.136 e. The summed E-state index contributed by atoms with van der Waals surface area (Å²) in [5.74, 6) is 1.74. The normalized spacial score (nSPS) is 14.9. The second-order valence-electron chi connectivity index (χ2n) is 5.37. The number of rotatable bonds is 10. The van der Waals surface area contributed by atoms with E-state index in [1.54, 1.807) is 7.11 Å². The third-order valence-corrected chi connectivity index (χ3v) is 3.60. The molecule has 0 aromatic heterocycles. The number of carbonyl (C=O) groups is 1. The summed E-state index contributed by atoms with van der Waals surface area (Å²) in [6, 6.07) is 0. The van der Waals surface area contributed by atoms with Crippen LogP contribution >= 0.6 is 0 Å². The Morgan fingerprint density at radius 2 is 1.82 bits per heavy atom. The molecular weight excluding hydrogens is 212 g/mol. The van der Waals surface area contributed by atoms with Crippen LogP contribution in [0.1, 0.15) is 59.8 Å². The van der Waals surface area contributed by atoms with E-state index in [-0.39, 0.29) is 5.92 Å². The molecule has 0 rings (SSSR count). The van der Waals surface area contributed by atoms with Crippen molar-refractivity contribution in [3.05, 3.63) is 0 Å². The molecule has 0 aromatic carbocycles. The van der Waals surface area contributed by atoms with E-state index in [0.717, 1.165) is 38.7 Å². The Labute approximate surface area is 107 Å². The van der Waals surface area contributed by atoms with Crippen molar-refractivity contribution in [2.45, 2.75) is 59.8 Å². The third-order valence-electron chi connectivity index (χ3n) is 3.60. The number of methoxy groups -OCH3 is 1. The van der Waals surface area contributed by atoms with E-state index in [1.807, 2.05) is 0 Å². The predicted octanol–water partition coefficient (Wildman–Crippen LogP) is 4.08. The standard InChI is InChI=1S/C15H30O2/c1-6-8-14(12(3)4)15(16)10-9-13(7-2)11-17-5/h12-14H,6-11H2,1-5H3. The zero-order valence-corrected chi connectivity index (χ0v) is 12.3. The van der Waals surface area contributed by atoms with Crippen molar-refractivity contribution in [1.29, 1.82) is 0 Å². The molecule has 2 nitrogen and oxygen atoms in total. The zero-order chi connectivity index (χ0) is 13.3. The molecular formula is C15H30O2. The zero-order valence-electron chi connectivity index (χ0n) is 12.3. The molecule has 102 valence electrons. The average Bonchev–Trinajstić information content (AvgIpc) is 2.30. The Kier molecular flexibility index (Phi) is 9.43. The summed E-state index contributed by atoms with van der Waals surface area (Å²) in [6.45, 7) is 9.42. The highest BCUT2D eigenvalue weighted by Crippen LogP contribution is 2.22. The molecule has 0 amide bonds. The number of hydrogen-bond acceptors (Lipinski definition) is 2. The number of ether oxygens (including phenoxy) is 1. The van der Waals surface area contributed by atoms with E-state index in [1.165, 1.54) is 0 Å². The molecule has 0 saturated heterocycles. The van der Waals surface area contributed by atoms with Gasteiger partial charge in [-0.3, -0.25) is 4.79 Å². The molecule has 0 aliphatic heterocycles. The molecule has 17 heavy (non-hydrogen) atoms. The topological polar surface area (TPSA) is 26.3 Å². The van der Waals surface area contributed by atoms with Crippen LogP contribution in [0.2, 0.25) is 0 Å². The maximum absolute atomic E-state index is 12.2. The lowest BCUT2D eigenvalue weighted by molar-refractivity contribution is -0.124. The van der Waals surface area contributed by atoms with Crippen molar-refractivity contribution in [3.63, 3.8) is 0 Å². The van der Waals surface area contributed by atoms with Gasteiger partial charge in [0.25, 0.3) is 0 Å². The van der Waals surface area contributed by atoms with Crippen LogP contribution in [-0.4, -0.2) is 19.5 Å². The molecule has 2 unspecified atom stereocenters. The Balaban J connectivity index is 4.12. The minimum absolute atomic E-state index is 0.264. The fraction of sp³-hybridized carbons (Fsp3) is 0.933. The van der Waals surface area contributed by atoms with Gasteiger partial charge in [0, 0.05) is 26.1 Å². The monoisotopic (exact) mass is 242 g/mol. The first kappa shape index (κ1) is 16.6. The molecule has 0 aliphatic carbocycles. The van der Waals surface area contributed by atoms with Crippen LogP contribution in [0.4, 0.5) is 0 Å². The summed E-state index contributed by atoms with van der Waals surface area (Å²) in [6.07, 6.45) is 4.95. The van der Waals surface area contributed by atoms with Gasteiger partial charge in [0.15, 0.2) is 0 Å². The first-order valence-corrected chi connectivity index (χ1v) is 7.08. The molecule has 0 aliphatic rings. The molecule has 2 heteroatoms. The van der Waals surface area contributed by atoms with E-state index in [4.69, 9.17) is 4.74 Å². The highest BCUT2D eigenvalue weighted by atomic mass is 16.5. The van der Waals surface area contributed by atoms with Gasteiger partial charge in [-0.2, -0.15) is 0 Å². The number of ketones is 1. The van der Waals surface area contributed by atoms with E-state index < -0.39 is 0 Å². The van der Waals surface area contributed by atoms with E-state index in [2.05, 4.69) is 27.7 Å². The Morgan fingerprint density at radius 3 is 2.24 bits per heavy atom. The first-order valence-electron chi connectivity index (χ1n) is 7.08. The van der Waals surface area contributed by atoms with Crippen molar-refractivity contribution >= 4 is 5.78 Å². The van der Waals surface area contributed by atoms with Gasteiger partial charge >= 0.3 is 0 Å². The third kappa shape index (κ3) is 6.82. The van der Waals surface area contributed by atoms with Gasteiger partial charge in [0.2, 0.25) is 0 Å². The number of Topliss-reactive ketones (excluding diaryl/α,β-unsaturated/α-hetero) is 1. The summed E-state index contributed by atoms with van der Waals surface area (Å²) in [5.41, 5.74) is 0. The van der Waals surface area contributed by atoms with Crippen molar-refractivity contribution in [1.82, 2.24) is 0 Å². The van der Waals surface area contributed by atoms with Gasteiger partial charge in [-0.25, -0.2) is 0 Å². The molecule has 0 bridgehead atoms. The summed E-state index contributed by atoms with van der Waals surface area (Å²) in [7, 11) is 1.73. The largest absolute Gasteiger partial charge is 0.384 e. The Bertz CT molecular complexity index is 199. The SMILES string of the molecule is CCCC(C(=O)CCC(CC)COC)C(C)C. The van der Waals surface area contributed by atoms with Crippen molar-refractivity contribution < 1.29 is 9.53 Å². The van der Waals surface area contributed by atoms with Crippen LogP contribution in [0.25, 0.3) is 0 Å². The fourth-order valence-corrected chi connectivity index (χ4v) is 2.35. The van der Waals surface area contributed by atoms with E-state index in [0.29, 0.717) is 17.6 Å². The van der Waals surface area contributed by atoms with Crippen LogP contribution in [0, 0.1) is 17.8 Å². The molecule has 0 heterocycles. The molecule has 0 aromatic rings. The van der Waals surface area contributed by atoms with Crippen LogP contribution in [0.3, 0.4) is 0 Å². The van der Waals surface area contributed by atoms with E-state index in [9.17, 15) is 4.79 Å². The lowest BCUT2D eigenvalue weighted by Crippen LogP contribution is -2.21. The molecule has 0 spiro atoms. The predicted molar refractivity (Wildman–Crippen MR) is 73.1 cm³/mol. The first-order chi connectivity index (χ1) is 8.06. The van der Waals surface area contributed by atoms with Gasteiger partial charge in [-0.05, 0) is 24.7 Å². The van der Waals surface area contributed by atoms with Gasteiger partial charge < -0.3 is 4.74 Å². The van der Waals surface area contributed by atoms with Crippen LogP contribution in [0.15, 0.2) is 0 Å². The molecule has 0 N–H and O–H groups in total. The quantitative estimate of drug-likeness (QED) is 0.577. The lowest BCUT2D eigenvalue weighted by Gasteiger charge is -2.20. The molecule has 0 fully saturated rings. The second-order valence-corrected chi connectivity index (χ2v) is 5.37. The van der Waals surface area contributed by atoms with Gasteiger partial charge in [-0.15, -0.1) is 0 Å². The van der Waals surface area contributed by atoms with E-state index >= 15 is 0 Å². The van der Waals surface area contributed by atoms with Crippen molar-refractivity contribution in [3.8, 4) is 0 Å². The average molecular weight is 242 g/mol. The van der Waals surface area contributed by atoms with Crippen LogP contribution in [-0.2, 0) is 9.53 Å². The van der Waals surface area contributed by atoms with Crippen molar-refractivity contribution in [2.75, 3.05) is 13.7 Å². The summed E-state index contributed by atoms with van der Waals surface area (Å²) in [4.78, 5) is 12.2. The molecule has 0 radical (unpaired) electrons. The minimum atomic E-state index is 0.264. The highest BCUT2D eigenvalue weighted by Gasteiger charge is 2.21. The number of carbonyl (C=O) groups excluding carboxylic acids is 1. The number of hydrogen-bond donors (Lipinski definition) is 0. The summed E-state index contributed by atoms with van der Waals surface area (Å²) < 4.78 is 5.17. The van der Waals surface area contributed by atoms with Crippen LogP contribution in [0.5, 0.6) is 0 Å². The van der Waals surface area contributed by atoms with Gasteiger partial charge in [-0.1, -0.05) is 40.5 Å². The van der Waals surface area contributed by atoms with Gasteiger partial charge in [0.1, 0.15) is 5.78 Å². The fourth-order valence-electron chi connectivity index (χ4n) is 2.35.